The van der Waals surface area contributed by atoms with Gasteiger partial charge in [0.1, 0.15) is 5.82 Å². The standard InChI is InChI=1S/C13H19N5O2/c1-9(6-14)13(20)17-10-2-3-11(16-7-10)18-5-4-15-12(19)8-18/h2-3,7,9H,4-6,8,14H2,1H3,(H,15,19)(H,17,20). The second-order valence-electron chi connectivity index (χ2n) is 4.80. The number of hydrogen-bond acceptors (Lipinski definition) is 5. The molecule has 20 heavy (non-hydrogen) atoms. The smallest absolute Gasteiger partial charge is 0.239 e. The van der Waals surface area contributed by atoms with Gasteiger partial charge in [-0.05, 0) is 12.1 Å². The maximum absolute atomic E-state index is 11.7. The van der Waals surface area contributed by atoms with Crippen molar-refractivity contribution < 1.29 is 9.59 Å². The zero-order chi connectivity index (χ0) is 14.5. The molecule has 0 aliphatic carbocycles. The molecule has 1 fully saturated rings. The minimum atomic E-state index is -0.236. The molecule has 0 aromatic carbocycles. The van der Waals surface area contributed by atoms with Crippen molar-refractivity contribution in [2.75, 3.05) is 36.4 Å². The van der Waals surface area contributed by atoms with E-state index in [4.69, 9.17) is 5.73 Å². The summed E-state index contributed by atoms with van der Waals surface area (Å²) in [6.07, 6.45) is 1.59. The van der Waals surface area contributed by atoms with Crippen LogP contribution in [-0.2, 0) is 9.59 Å². The van der Waals surface area contributed by atoms with Crippen molar-refractivity contribution in [3.05, 3.63) is 18.3 Å². The number of nitrogens with one attached hydrogen (secondary N) is 2. The Bertz CT molecular complexity index is 488. The van der Waals surface area contributed by atoms with Gasteiger partial charge in [0.2, 0.25) is 11.8 Å². The van der Waals surface area contributed by atoms with E-state index in [-0.39, 0.29) is 17.7 Å². The van der Waals surface area contributed by atoms with Crippen LogP contribution in [0.1, 0.15) is 6.92 Å². The van der Waals surface area contributed by atoms with E-state index >= 15 is 0 Å². The molecule has 0 radical (unpaired) electrons. The van der Waals surface area contributed by atoms with E-state index in [2.05, 4.69) is 15.6 Å². The number of rotatable bonds is 4. The summed E-state index contributed by atoms with van der Waals surface area (Å²) in [7, 11) is 0. The van der Waals surface area contributed by atoms with Crippen molar-refractivity contribution in [1.82, 2.24) is 10.3 Å². The van der Waals surface area contributed by atoms with Gasteiger partial charge >= 0.3 is 0 Å². The molecule has 1 aromatic rings. The Morgan fingerprint density at radius 2 is 2.40 bits per heavy atom. The molecule has 7 heteroatoms. The van der Waals surface area contributed by atoms with Crippen molar-refractivity contribution in [3.8, 4) is 0 Å². The van der Waals surface area contributed by atoms with Crippen LogP contribution in [0.5, 0.6) is 0 Å². The summed E-state index contributed by atoms with van der Waals surface area (Å²) in [5, 5.41) is 5.51. The van der Waals surface area contributed by atoms with Gasteiger partial charge in [-0.2, -0.15) is 0 Å². The second-order valence-corrected chi connectivity index (χ2v) is 4.80. The van der Waals surface area contributed by atoms with Crippen molar-refractivity contribution in [3.63, 3.8) is 0 Å². The predicted octanol–water partition coefficient (Wildman–Crippen LogP) is -0.449. The van der Waals surface area contributed by atoms with Gasteiger partial charge in [-0.1, -0.05) is 6.92 Å². The number of piperazine rings is 1. The fourth-order valence-electron chi connectivity index (χ4n) is 1.85. The van der Waals surface area contributed by atoms with E-state index in [9.17, 15) is 9.59 Å². The van der Waals surface area contributed by atoms with Gasteiger partial charge in [-0.15, -0.1) is 0 Å². The molecule has 1 unspecified atom stereocenters. The van der Waals surface area contributed by atoms with Crippen LogP contribution < -0.4 is 21.3 Å². The topological polar surface area (TPSA) is 100 Å². The maximum atomic E-state index is 11.7. The number of carbonyl (C=O) groups excluding carboxylic acids is 2. The van der Waals surface area contributed by atoms with E-state index in [1.165, 1.54) is 0 Å². The Kier molecular flexibility index (Phi) is 4.52. The lowest BCUT2D eigenvalue weighted by molar-refractivity contribution is -0.120. The minimum Gasteiger partial charge on any atom is -0.353 e. The molecule has 7 nitrogen and oxygen atoms in total. The first kappa shape index (κ1) is 14.3. The molecule has 1 aliphatic heterocycles. The molecule has 0 saturated carbocycles. The lowest BCUT2D eigenvalue weighted by Crippen LogP contribution is -2.48. The van der Waals surface area contributed by atoms with Gasteiger partial charge in [-0.25, -0.2) is 4.98 Å². The summed E-state index contributed by atoms with van der Waals surface area (Å²) in [5.74, 6) is 0.358. The quantitative estimate of drug-likeness (QED) is 0.692. The number of hydrogen-bond donors (Lipinski definition) is 3. The van der Waals surface area contributed by atoms with Crippen LogP contribution in [0.4, 0.5) is 11.5 Å². The zero-order valence-corrected chi connectivity index (χ0v) is 11.4. The molecule has 1 aromatic heterocycles. The number of carbonyl (C=O) groups is 2. The lowest BCUT2D eigenvalue weighted by Gasteiger charge is -2.27. The molecule has 2 rings (SSSR count). The molecule has 0 bridgehead atoms. The Balaban J connectivity index is 1.99. The monoisotopic (exact) mass is 277 g/mol. The Morgan fingerprint density at radius 1 is 1.60 bits per heavy atom. The first-order chi connectivity index (χ1) is 9.60. The Morgan fingerprint density at radius 3 is 3.00 bits per heavy atom. The maximum Gasteiger partial charge on any atom is 0.239 e. The summed E-state index contributed by atoms with van der Waals surface area (Å²) >= 11 is 0. The largest absolute Gasteiger partial charge is 0.353 e. The minimum absolute atomic E-state index is 0.00722. The van der Waals surface area contributed by atoms with E-state index in [1.807, 2.05) is 4.90 Å². The molecular weight excluding hydrogens is 258 g/mol. The van der Waals surface area contributed by atoms with Gasteiger partial charge in [0.25, 0.3) is 0 Å². The molecule has 4 N–H and O–H groups in total. The zero-order valence-electron chi connectivity index (χ0n) is 11.4. The van der Waals surface area contributed by atoms with Crippen LogP contribution in [0.25, 0.3) is 0 Å². The molecule has 1 aliphatic rings. The first-order valence-electron chi connectivity index (χ1n) is 6.59. The van der Waals surface area contributed by atoms with Gasteiger partial charge in [0, 0.05) is 25.6 Å². The normalized spacial score (nSPS) is 16.5. The molecule has 2 heterocycles. The summed E-state index contributed by atoms with van der Waals surface area (Å²) < 4.78 is 0. The van der Waals surface area contributed by atoms with E-state index in [0.717, 1.165) is 12.4 Å². The number of anilines is 2. The average molecular weight is 277 g/mol. The number of aromatic nitrogens is 1. The summed E-state index contributed by atoms with van der Waals surface area (Å²) in [4.78, 5) is 29.2. The van der Waals surface area contributed by atoms with Crippen LogP contribution in [-0.4, -0.2) is 43.0 Å². The molecule has 1 saturated heterocycles. The van der Waals surface area contributed by atoms with Crippen molar-refractivity contribution in [2.24, 2.45) is 11.7 Å². The number of nitrogens with two attached hydrogens (primary N) is 1. The molecule has 0 spiro atoms. The highest BCUT2D eigenvalue weighted by Gasteiger charge is 2.17. The van der Waals surface area contributed by atoms with Crippen LogP contribution in [0.15, 0.2) is 18.3 Å². The molecular formula is C13H19N5O2. The highest BCUT2D eigenvalue weighted by Crippen LogP contribution is 2.15. The lowest BCUT2D eigenvalue weighted by atomic mass is 10.1. The van der Waals surface area contributed by atoms with Gasteiger partial charge < -0.3 is 21.3 Å². The fourth-order valence-corrected chi connectivity index (χ4v) is 1.85. The van der Waals surface area contributed by atoms with Crippen LogP contribution in [0.2, 0.25) is 0 Å². The van der Waals surface area contributed by atoms with Crippen molar-refractivity contribution in [2.45, 2.75) is 6.92 Å². The van der Waals surface area contributed by atoms with Crippen LogP contribution >= 0.6 is 0 Å². The molecule has 2 amide bonds. The van der Waals surface area contributed by atoms with E-state index in [1.54, 1.807) is 25.3 Å². The van der Waals surface area contributed by atoms with E-state index in [0.29, 0.717) is 25.3 Å². The van der Waals surface area contributed by atoms with Crippen LogP contribution in [0.3, 0.4) is 0 Å². The Labute approximate surface area is 117 Å². The summed E-state index contributed by atoms with van der Waals surface area (Å²) in [5.41, 5.74) is 6.07. The molecule has 108 valence electrons. The summed E-state index contributed by atoms with van der Waals surface area (Å²) in [6.45, 7) is 3.73. The SMILES string of the molecule is CC(CN)C(=O)Nc1ccc(N2CCNC(=O)C2)nc1. The van der Waals surface area contributed by atoms with Crippen molar-refractivity contribution in [1.29, 1.82) is 0 Å². The predicted molar refractivity (Wildman–Crippen MR) is 76.3 cm³/mol. The van der Waals surface area contributed by atoms with Gasteiger partial charge in [-0.3, -0.25) is 9.59 Å². The third kappa shape index (κ3) is 3.45. The third-order valence-electron chi connectivity index (χ3n) is 3.18. The third-order valence-corrected chi connectivity index (χ3v) is 3.18. The fraction of sp³-hybridized carbons (Fsp3) is 0.462. The number of nitrogens with zero attached hydrogens (tertiary/aromatic N) is 2. The van der Waals surface area contributed by atoms with Gasteiger partial charge in [0.05, 0.1) is 18.4 Å². The highest BCUT2D eigenvalue weighted by molar-refractivity contribution is 5.92. The van der Waals surface area contributed by atoms with Gasteiger partial charge in [0.15, 0.2) is 0 Å². The number of amides is 2. The van der Waals surface area contributed by atoms with E-state index < -0.39 is 0 Å². The van der Waals surface area contributed by atoms with Crippen LogP contribution in [0, 0.1) is 5.92 Å². The second kappa shape index (κ2) is 6.33. The average Bonchev–Trinajstić information content (AvgIpc) is 2.47. The summed E-state index contributed by atoms with van der Waals surface area (Å²) in [6, 6.07) is 3.57. The number of pyridine rings is 1. The first-order valence-corrected chi connectivity index (χ1v) is 6.59. The molecule has 1 atom stereocenters. The Hall–Kier alpha value is -2.15. The highest BCUT2D eigenvalue weighted by atomic mass is 16.2. The van der Waals surface area contributed by atoms with Crippen molar-refractivity contribution >= 4 is 23.3 Å².